The minimum atomic E-state index is -0.329. The number of hydrogen-bond donors (Lipinski definition) is 0. The minimum Gasteiger partial charge on any atom is -0.497 e. The molecular weight excluding hydrogens is 264 g/mol. The molecule has 104 valence electrons. The van der Waals surface area contributed by atoms with Crippen molar-refractivity contribution in [2.45, 2.75) is 0 Å². The van der Waals surface area contributed by atoms with E-state index in [0.717, 1.165) is 16.9 Å². The van der Waals surface area contributed by atoms with Crippen LogP contribution < -0.4 is 4.74 Å². The molecule has 1 aliphatic heterocycles. The van der Waals surface area contributed by atoms with E-state index in [2.05, 4.69) is 0 Å². The average molecular weight is 278 g/mol. The Labute approximate surface area is 123 Å². The SMILES string of the molecule is COc1ccc(/C=C2/C=C(c3ccccc3)OC2=O)cc1. The topological polar surface area (TPSA) is 35.5 Å². The highest BCUT2D eigenvalue weighted by molar-refractivity contribution is 6.05. The third kappa shape index (κ3) is 2.87. The summed E-state index contributed by atoms with van der Waals surface area (Å²) in [5.74, 6) is 1.04. The fourth-order valence-electron chi connectivity index (χ4n) is 2.11. The van der Waals surface area contributed by atoms with Gasteiger partial charge in [0.25, 0.3) is 0 Å². The van der Waals surface area contributed by atoms with E-state index >= 15 is 0 Å². The predicted octanol–water partition coefficient (Wildman–Crippen LogP) is 3.68. The number of rotatable bonds is 3. The number of hydrogen-bond acceptors (Lipinski definition) is 3. The van der Waals surface area contributed by atoms with E-state index in [-0.39, 0.29) is 5.97 Å². The highest BCUT2D eigenvalue weighted by Gasteiger charge is 2.21. The van der Waals surface area contributed by atoms with Gasteiger partial charge in [0.05, 0.1) is 12.7 Å². The van der Waals surface area contributed by atoms with Crippen LogP contribution in [0.3, 0.4) is 0 Å². The largest absolute Gasteiger partial charge is 0.497 e. The fourth-order valence-corrected chi connectivity index (χ4v) is 2.11. The first-order chi connectivity index (χ1) is 10.3. The zero-order valence-corrected chi connectivity index (χ0v) is 11.6. The van der Waals surface area contributed by atoms with Gasteiger partial charge < -0.3 is 9.47 Å². The fraction of sp³-hybridized carbons (Fsp3) is 0.0556. The van der Waals surface area contributed by atoms with Crippen molar-refractivity contribution in [2.24, 2.45) is 0 Å². The monoisotopic (exact) mass is 278 g/mol. The molecule has 0 amide bonds. The van der Waals surface area contributed by atoms with Crippen molar-refractivity contribution in [1.82, 2.24) is 0 Å². The molecule has 1 heterocycles. The van der Waals surface area contributed by atoms with E-state index in [1.54, 1.807) is 19.3 Å². The predicted molar refractivity (Wildman–Crippen MR) is 81.5 cm³/mol. The lowest BCUT2D eigenvalue weighted by Gasteiger charge is -2.00. The molecule has 0 aromatic heterocycles. The van der Waals surface area contributed by atoms with Crippen LogP contribution in [0, 0.1) is 0 Å². The van der Waals surface area contributed by atoms with Gasteiger partial charge in [0.2, 0.25) is 0 Å². The maximum atomic E-state index is 11.9. The number of methoxy groups -OCH3 is 1. The van der Waals surface area contributed by atoms with Gasteiger partial charge in [-0.15, -0.1) is 0 Å². The first kappa shape index (κ1) is 13.2. The van der Waals surface area contributed by atoms with Gasteiger partial charge in [-0.1, -0.05) is 42.5 Å². The first-order valence-corrected chi connectivity index (χ1v) is 6.61. The smallest absolute Gasteiger partial charge is 0.343 e. The normalized spacial score (nSPS) is 15.8. The lowest BCUT2D eigenvalue weighted by atomic mass is 10.1. The molecule has 0 saturated carbocycles. The molecule has 0 fully saturated rings. The highest BCUT2D eigenvalue weighted by Crippen LogP contribution is 2.27. The minimum absolute atomic E-state index is 0.329. The number of carbonyl (C=O) groups is 1. The van der Waals surface area contributed by atoms with Crippen molar-refractivity contribution < 1.29 is 14.3 Å². The second kappa shape index (κ2) is 5.67. The van der Waals surface area contributed by atoms with Crippen molar-refractivity contribution in [3.8, 4) is 5.75 Å². The van der Waals surface area contributed by atoms with E-state index in [4.69, 9.17) is 9.47 Å². The molecule has 0 unspecified atom stereocenters. The second-order valence-electron chi connectivity index (χ2n) is 4.64. The van der Waals surface area contributed by atoms with Gasteiger partial charge in [0.15, 0.2) is 0 Å². The van der Waals surface area contributed by atoms with Crippen molar-refractivity contribution in [1.29, 1.82) is 0 Å². The average Bonchev–Trinajstić information content (AvgIpc) is 2.90. The summed E-state index contributed by atoms with van der Waals surface area (Å²) in [7, 11) is 1.62. The summed E-state index contributed by atoms with van der Waals surface area (Å²) >= 11 is 0. The summed E-state index contributed by atoms with van der Waals surface area (Å²) < 4.78 is 10.4. The molecule has 0 radical (unpaired) electrons. The Bertz CT molecular complexity index is 710. The van der Waals surface area contributed by atoms with E-state index in [0.29, 0.717) is 11.3 Å². The first-order valence-electron chi connectivity index (χ1n) is 6.61. The number of ether oxygens (including phenoxy) is 2. The number of benzene rings is 2. The molecule has 0 bridgehead atoms. The lowest BCUT2D eigenvalue weighted by Crippen LogP contribution is -1.97. The Morgan fingerprint density at radius 2 is 1.71 bits per heavy atom. The van der Waals surface area contributed by atoms with Crippen LogP contribution in [0.5, 0.6) is 5.75 Å². The van der Waals surface area contributed by atoms with Gasteiger partial charge >= 0.3 is 5.97 Å². The maximum Gasteiger partial charge on any atom is 0.343 e. The molecule has 0 spiro atoms. The molecule has 0 N–H and O–H groups in total. The molecule has 0 atom stereocenters. The summed E-state index contributed by atoms with van der Waals surface area (Å²) in [4.78, 5) is 11.9. The Balaban J connectivity index is 1.89. The molecule has 2 aromatic carbocycles. The zero-order chi connectivity index (χ0) is 14.7. The van der Waals surface area contributed by atoms with Gasteiger partial charge in [-0.05, 0) is 29.8 Å². The molecular formula is C18H14O3. The Morgan fingerprint density at radius 3 is 2.38 bits per heavy atom. The van der Waals surface area contributed by atoms with Gasteiger partial charge in [-0.2, -0.15) is 0 Å². The van der Waals surface area contributed by atoms with Crippen LogP contribution >= 0.6 is 0 Å². The Hall–Kier alpha value is -2.81. The standard InChI is InChI=1S/C18H14O3/c1-20-16-9-7-13(8-10-16)11-15-12-17(21-18(15)19)14-5-3-2-4-6-14/h2-12H,1H3/b15-11-. The van der Waals surface area contributed by atoms with Gasteiger partial charge in [0.1, 0.15) is 11.5 Å². The molecule has 0 aliphatic carbocycles. The quantitative estimate of drug-likeness (QED) is 0.634. The number of cyclic esters (lactones) is 1. The summed E-state index contributed by atoms with van der Waals surface area (Å²) in [5.41, 5.74) is 2.36. The molecule has 21 heavy (non-hydrogen) atoms. The van der Waals surface area contributed by atoms with Crippen LogP contribution in [0.4, 0.5) is 0 Å². The molecule has 3 rings (SSSR count). The summed E-state index contributed by atoms with van der Waals surface area (Å²) in [6.07, 6.45) is 3.57. The van der Waals surface area contributed by atoms with Gasteiger partial charge in [-0.25, -0.2) is 4.79 Å². The molecule has 3 heteroatoms. The number of esters is 1. The molecule has 2 aromatic rings. The Morgan fingerprint density at radius 1 is 1.00 bits per heavy atom. The zero-order valence-electron chi connectivity index (χ0n) is 11.6. The maximum absolute atomic E-state index is 11.9. The molecule has 1 aliphatic rings. The van der Waals surface area contributed by atoms with Crippen molar-refractivity contribution >= 4 is 17.8 Å². The second-order valence-corrected chi connectivity index (χ2v) is 4.64. The Kier molecular flexibility index (Phi) is 3.56. The van der Waals surface area contributed by atoms with E-state index in [1.165, 1.54) is 0 Å². The van der Waals surface area contributed by atoms with E-state index in [1.807, 2.05) is 54.6 Å². The van der Waals surface area contributed by atoms with Gasteiger partial charge in [0, 0.05) is 5.56 Å². The summed E-state index contributed by atoms with van der Waals surface area (Å²) in [6, 6.07) is 17.1. The van der Waals surface area contributed by atoms with Crippen LogP contribution in [0.2, 0.25) is 0 Å². The number of carbonyl (C=O) groups excluding carboxylic acids is 1. The van der Waals surface area contributed by atoms with E-state index in [9.17, 15) is 4.79 Å². The van der Waals surface area contributed by atoms with E-state index < -0.39 is 0 Å². The third-order valence-electron chi connectivity index (χ3n) is 3.22. The summed E-state index contributed by atoms with van der Waals surface area (Å²) in [5, 5.41) is 0. The van der Waals surface area contributed by atoms with Crippen LogP contribution in [-0.2, 0) is 9.53 Å². The van der Waals surface area contributed by atoms with Crippen molar-refractivity contribution in [2.75, 3.05) is 7.11 Å². The highest BCUT2D eigenvalue weighted by atomic mass is 16.5. The molecule has 3 nitrogen and oxygen atoms in total. The van der Waals surface area contributed by atoms with Crippen LogP contribution in [-0.4, -0.2) is 13.1 Å². The third-order valence-corrected chi connectivity index (χ3v) is 3.22. The van der Waals surface area contributed by atoms with Crippen LogP contribution in [0.1, 0.15) is 11.1 Å². The van der Waals surface area contributed by atoms with Crippen molar-refractivity contribution in [3.05, 3.63) is 77.4 Å². The van der Waals surface area contributed by atoms with Gasteiger partial charge in [-0.3, -0.25) is 0 Å². The van der Waals surface area contributed by atoms with Crippen LogP contribution in [0.25, 0.3) is 11.8 Å². The molecule has 0 saturated heterocycles. The lowest BCUT2D eigenvalue weighted by molar-refractivity contribution is -0.130. The van der Waals surface area contributed by atoms with Crippen molar-refractivity contribution in [3.63, 3.8) is 0 Å². The van der Waals surface area contributed by atoms with Crippen LogP contribution in [0.15, 0.2) is 66.2 Å². The summed E-state index contributed by atoms with van der Waals surface area (Å²) in [6.45, 7) is 0.